The molecule has 6 nitrogen and oxygen atoms in total. The summed E-state index contributed by atoms with van der Waals surface area (Å²) in [6.07, 6.45) is 2.16. The molecule has 202 valence electrons. The maximum absolute atomic E-state index is 8.49. The van der Waals surface area contributed by atoms with Gasteiger partial charge in [0.2, 0.25) is 0 Å². The molecule has 40 heavy (non-hydrogen) atoms. The molecule has 0 aliphatic rings. The fourth-order valence-electron chi connectivity index (χ4n) is 4.30. The molecule has 0 aliphatic carbocycles. The lowest BCUT2D eigenvalue weighted by atomic mass is 9.94. The number of halogens is 1. The summed E-state index contributed by atoms with van der Waals surface area (Å²) >= 11 is 0. The molecular formula is C33H28ClNO5. The SMILES string of the molecule is CN(C)c1ccccc1/C(=C/c1cc(-c2ccccc2)cc(-c2ccccc2)[o+]1)c1ccccc1.[O-][Cl+3]([O-])([O-])[O-]. The molecule has 0 saturated carbocycles. The Bertz CT molecular complexity index is 1490. The van der Waals surface area contributed by atoms with Gasteiger partial charge in [-0.2, -0.15) is 0 Å². The van der Waals surface area contributed by atoms with Gasteiger partial charge in [0.05, 0.1) is 23.8 Å². The number of anilines is 1. The summed E-state index contributed by atoms with van der Waals surface area (Å²) in [6, 6.07) is 44.0. The first kappa shape index (κ1) is 28.7. The van der Waals surface area contributed by atoms with Crippen LogP contribution < -0.4 is 23.5 Å². The zero-order valence-electron chi connectivity index (χ0n) is 22.1. The second-order valence-corrected chi connectivity index (χ2v) is 9.81. The molecule has 0 atom stereocenters. The Hall–Kier alpha value is -4.30. The van der Waals surface area contributed by atoms with Gasteiger partial charge in [0.25, 0.3) is 0 Å². The van der Waals surface area contributed by atoms with Crippen LogP contribution in [0.2, 0.25) is 0 Å². The van der Waals surface area contributed by atoms with E-state index in [1.165, 1.54) is 0 Å². The van der Waals surface area contributed by atoms with Gasteiger partial charge in [-0.3, -0.25) is 0 Å². The summed E-state index contributed by atoms with van der Waals surface area (Å²) in [5, 5.41) is 0. The number of para-hydroxylation sites is 1. The Morgan fingerprint density at radius 2 is 1.12 bits per heavy atom. The topological polar surface area (TPSA) is 107 Å². The van der Waals surface area contributed by atoms with Crippen LogP contribution in [0.15, 0.2) is 132 Å². The highest BCUT2D eigenvalue weighted by Crippen LogP contribution is 2.35. The minimum absolute atomic E-state index is 0.803. The van der Waals surface area contributed by atoms with Crippen molar-refractivity contribution in [3.05, 3.63) is 144 Å². The van der Waals surface area contributed by atoms with E-state index >= 15 is 0 Å². The first-order chi connectivity index (χ1) is 19.2. The lowest BCUT2D eigenvalue weighted by Gasteiger charge is -2.19. The Labute approximate surface area is 236 Å². The number of benzene rings is 4. The van der Waals surface area contributed by atoms with Gasteiger partial charge < -0.3 is 4.90 Å². The third kappa shape index (κ3) is 8.10. The highest BCUT2D eigenvalue weighted by molar-refractivity contribution is 5.95. The van der Waals surface area contributed by atoms with Crippen molar-refractivity contribution in [1.29, 1.82) is 0 Å². The summed E-state index contributed by atoms with van der Waals surface area (Å²) in [5.74, 6) is 1.64. The Morgan fingerprint density at radius 3 is 1.70 bits per heavy atom. The lowest BCUT2D eigenvalue weighted by molar-refractivity contribution is -2.00. The van der Waals surface area contributed by atoms with Crippen LogP contribution in [-0.2, 0) is 0 Å². The van der Waals surface area contributed by atoms with E-state index in [1.54, 1.807) is 0 Å². The Balaban J connectivity index is 0.000000681. The molecule has 1 aromatic heterocycles. The summed E-state index contributed by atoms with van der Waals surface area (Å²) in [4.78, 5) is 2.15. The van der Waals surface area contributed by atoms with E-state index in [1.807, 2.05) is 30.3 Å². The van der Waals surface area contributed by atoms with Crippen molar-refractivity contribution in [2.24, 2.45) is 0 Å². The highest BCUT2D eigenvalue weighted by atomic mass is 35.7. The lowest BCUT2D eigenvalue weighted by Crippen LogP contribution is -2.68. The van der Waals surface area contributed by atoms with Crippen molar-refractivity contribution >= 4 is 17.3 Å². The molecular weight excluding hydrogens is 526 g/mol. The van der Waals surface area contributed by atoms with E-state index in [4.69, 9.17) is 23.1 Å². The number of rotatable bonds is 6. The average Bonchev–Trinajstić information content (AvgIpc) is 2.96. The largest absolute Gasteiger partial charge is 0.377 e. The van der Waals surface area contributed by atoms with Gasteiger partial charge in [0.15, 0.2) is 0 Å². The minimum Gasteiger partial charge on any atom is -0.377 e. The molecule has 0 unspecified atom stereocenters. The molecule has 0 bridgehead atoms. The third-order valence-corrected chi connectivity index (χ3v) is 6.03. The first-order valence-corrected chi connectivity index (χ1v) is 13.7. The van der Waals surface area contributed by atoms with Crippen molar-refractivity contribution < 1.29 is 33.3 Å². The van der Waals surface area contributed by atoms with Crippen molar-refractivity contribution in [3.8, 4) is 22.5 Å². The fourth-order valence-corrected chi connectivity index (χ4v) is 4.30. The molecule has 0 spiro atoms. The molecule has 1 heterocycles. The molecule has 0 aliphatic heterocycles. The molecule has 0 N–H and O–H groups in total. The molecule has 7 heteroatoms. The zero-order chi connectivity index (χ0) is 28.5. The molecule has 0 radical (unpaired) electrons. The molecule has 4 aromatic carbocycles. The maximum atomic E-state index is 8.49. The van der Waals surface area contributed by atoms with Crippen LogP contribution in [0.25, 0.3) is 34.1 Å². The van der Waals surface area contributed by atoms with Gasteiger partial charge in [-0.05, 0) is 29.3 Å². The number of hydrogen-bond donors (Lipinski definition) is 0. The number of hydrogen-bond acceptors (Lipinski definition) is 5. The summed E-state index contributed by atoms with van der Waals surface area (Å²) in [7, 11) is -0.787. The van der Waals surface area contributed by atoms with Crippen molar-refractivity contribution in [2.45, 2.75) is 0 Å². The van der Waals surface area contributed by atoms with Crippen molar-refractivity contribution in [1.82, 2.24) is 0 Å². The van der Waals surface area contributed by atoms with E-state index in [9.17, 15) is 0 Å². The van der Waals surface area contributed by atoms with E-state index in [0.717, 1.165) is 50.6 Å². The van der Waals surface area contributed by atoms with Gasteiger partial charge in [0.1, 0.15) is 0 Å². The second kappa shape index (κ2) is 13.2. The van der Waals surface area contributed by atoms with Crippen LogP contribution >= 0.6 is 0 Å². The van der Waals surface area contributed by atoms with E-state index in [2.05, 4.69) is 122 Å². The van der Waals surface area contributed by atoms with Gasteiger partial charge in [0, 0.05) is 36.5 Å². The fraction of sp³-hybridized carbons (Fsp3) is 0.0606. The third-order valence-electron chi connectivity index (χ3n) is 6.03. The normalized spacial score (nSPS) is 11.4. The standard InChI is InChI=1S/C33H28NO.ClHO4/c1-34(2)32-21-13-12-20-30(32)31(26-16-8-4-9-17-26)24-29-22-28(25-14-6-3-7-15-25)23-33(35-29)27-18-10-5-11-19-27;2-1(3,4)5/h3-24H,1-2H3;(H,2,3,4,5)/q+1;/p-1/b31-24+;. The smallest absolute Gasteiger partial charge is 0.361 e. The highest BCUT2D eigenvalue weighted by Gasteiger charge is 2.20. The zero-order valence-corrected chi connectivity index (χ0v) is 22.8. The van der Waals surface area contributed by atoms with Crippen molar-refractivity contribution in [3.63, 3.8) is 0 Å². The van der Waals surface area contributed by atoms with E-state index in [-0.39, 0.29) is 0 Å². The van der Waals surface area contributed by atoms with Gasteiger partial charge in [-0.25, -0.2) is 23.1 Å². The maximum Gasteiger partial charge on any atom is 0.361 e. The van der Waals surface area contributed by atoms with Crippen LogP contribution in [0.4, 0.5) is 5.69 Å². The quantitative estimate of drug-likeness (QED) is 0.296. The summed E-state index contributed by atoms with van der Waals surface area (Å²) in [6.45, 7) is 0. The van der Waals surface area contributed by atoms with Gasteiger partial charge in [-0.15, -0.1) is 10.2 Å². The minimum atomic E-state index is -4.94. The molecule has 0 fully saturated rings. The van der Waals surface area contributed by atoms with E-state index < -0.39 is 10.2 Å². The second-order valence-electron chi connectivity index (χ2n) is 9.06. The predicted molar refractivity (Wildman–Crippen MR) is 148 cm³/mol. The summed E-state index contributed by atoms with van der Waals surface area (Å²) in [5.41, 5.74) is 7.90. The molecule has 0 saturated heterocycles. The average molecular weight is 554 g/mol. The molecule has 5 rings (SSSR count). The van der Waals surface area contributed by atoms with Crippen LogP contribution in [-0.4, -0.2) is 14.1 Å². The van der Waals surface area contributed by atoms with Gasteiger partial charge in [-0.1, -0.05) is 97.1 Å². The van der Waals surface area contributed by atoms with Crippen LogP contribution in [0.1, 0.15) is 16.9 Å². The van der Waals surface area contributed by atoms with Crippen LogP contribution in [0.3, 0.4) is 0 Å². The van der Waals surface area contributed by atoms with Crippen LogP contribution in [0.5, 0.6) is 0 Å². The summed E-state index contributed by atoms with van der Waals surface area (Å²) < 4.78 is 40.5. The Kier molecular flexibility index (Phi) is 9.45. The monoisotopic (exact) mass is 553 g/mol. The molecule has 0 amide bonds. The van der Waals surface area contributed by atoms with Gasteiger partial charge >= 0.3 is 11.5 Å². The molecule has 5 aromatic rings. The van der Waals surface area contributed by atoms with Crippen LogP contribution in [0, 0.1) is 10.2 Å². The predicted octanol–water partition coefficient (Wildman–Crippen LogP) is 3.79. The number of nitrogens with zero attached hydrogens (tertiary/aromatic N) is 1. The first-order valence-electron chi connectivity index (χ1n) is 12.4. The Morgan fingerprint density at radius 1 is 0.625 bits per heavy atom. The van der Waals surface area contributed by atoms with E-state index in [0.29, 0.717) is 0 Å². The van der Waals surface area contributed by atoms with Crippen molar-refractivity contribution in [2.75, 3.05) is 19.0 Å².